The molecule has 0 unspecified atom stereocenters. The van der Waals surface area contributed by atoms with Gasteiger partial charge in [0.1, 0.15) is 0 Å². The Balaban J connectivity index is 0.000000526. The molecule has 0 saturated heterocycles. The van der Waals surface area contributed by atoms with Gasteiger partial charge in [0, 0.05) is 6.42 Å². The molecule has 24 heavy (non-hydrogen) atoms. The van der Waals surface area contributed by atoms with Crippen molar-refractivity contribution >= 4 is 28.7 Å². The molecule has 0 nitrogen and oxygen atoms in total. The van der Waals surface area contributed by atoms with E-state index in [4.69, 9.17) is 17.0 Å². The average molecular weight is 429 g/mol. The van der Waals surface area contributed by atoms with Crippen molar-refractivity contribution < 1.29 is 20.8 Å². The summed E-state index contributed by atoms with van der Waals surface area (Å²) in [6, 6.07) is 27.7. The Morgan fingerprint density at radius 1 is 0.625 bits per heavy atom. The maximum atomic E-state index is 4.93. The summed E-state index contributed by atoms with van der Waals surface area (Å²) in [5, 5.41) is 0. The summed E-state index contributed by atoms with van der Waals surface area (Å²) >= 11 is -0.826. The van der Waals surface area contributed by atoms with Crippen molar-refractivity contribution in [3.63, 3.8) is 0 Å². The van der Waals surface area contributed by atoms with Gasteiger partial charge in [-0.2, -0.15) is 0 Å². The third-order valence-electron chi connectivity index (χ3n) is 3.94. The van der Waals surface area contributed by atoms with E-state index in [-0.39, 0.29) is 0 Å². The number of fused-ring (bicyclic) bond motifs is 1. The van der Waals surface area contributed by atoms with Crippen molar-refractivity contribution in [3.05, 3.63) is 102 Å². The van der Waals surface area contributed by atoms with Crippen molar-refractivity contribution in [2.24, 2.45) is 0 Å². The van der Waals surface area contributed by atoms with Crippen LogP contribution in [0.15, 0.2) is 78.9 Å². The summed E-state index contributed by atoms with van der Waals surface area (Å²) < 4.78 is 0. The van der Waals surface area contributed by atoms with Crippen LogP contribution in [0.2, 0.25) is 0 Å². The second-order valence-corrected chi connectivity index (χ2v) is 9.09. The van der Waals surface area contributed by atoms with Gasteiger partial charge in [0.15, 0.2) is 0 Å². The van der Waals surface area contributed by atoms with Gasteiger partial charge in [-0.15, -0.1) is 0 Å². The Labute approximate surface area is 161 Å². The third kappa shape index (κ3) is 4.09. The van der Waals surface area contributed by atoms with Crippen LogP contribution in [0.25, 0.3) is 22.8 Å². The van der Waals surface area contributed by atoms with E-state index in [1.807, 2.05) is 0 Å². The van der Waals surface area contributed by atoms with Crippen LogP contribution in [0.5, 0.6) is 0 Å². The molecule has 3 aromatic carbocycles. The first-order valence-corrected chi connectivity index (χ1v) is 13.9. The summed E-state index contributed by atoms with van der Waals surface area (Å²) in [6.45, 7) is 0. The van der Waals surface area contributed by atoms with Crippen LogP contribution in [0.1, 0.15) is 16.7 Å². The minimum absolute atomic E-state index is 0.826. The van der Waals surface area contributed by atoms with Gasteiger partial charge >= 0.3 is 37.9 Å². The van der Waals surface area contributed by atoms with Gasteiger partial charge in [-0.3, -0.25) is 0 Å². The molecule has 1 aliphatic carbocycles. The molecule has 3 heteroatoms. The zero-order chi connectivity index (χ0) is 16.8. The van der Waals surface area contributed by atoms with Crippen LogP contribution in [0.4, 0.5) is 0 Å². The molecule has 4 rings (SSSR count). The SMILES string of the molecule is [CH]1C(c2ccccc2)=Cc2c1cccc2-c1ccccc1.[Cl][Zr][Cl]. The van der Waals surface area contributed by atoms with E-state index in [9.17, 15) is 0 Å². The van der Waals surface area contributed by atoms with Crippen LogP contribution in [0, 0.1) is 6.42 Å². The van der Waals surface area contributed by atoms with Gasteiger partial charge in [0.2, 0.25) is 0 Å². The monoisotopic (exact) mass is 427 g/mol. The fourth-order valence-corrected chi connectivity index (χ4v) is 2.90. The second kappa shape index (κ2) is 8.81. The minimum atomic E-state index is -0.826. The van der Waals surface area contributed by atoms with Gasteiger partial charge in [-0.05, 0) is 39.5 Å². The van der Waals surface area contributed by atoms with Gasteiger partial charge < -0.3 is 0 Å². The number of hydrogen-bond acceptors (Lipinski definition) is 0. The van der Waals surface area contributed by atoms with Crippen LogP contribution < -0.4 is 0 Å². The molecule has 0 spiro atoms. The summed E-state index contributed by atoms with van der Waals surface area (Å²) in [6.07, 6.45) is 4.57. The van der Waals surface area contributed by atoms with Gasteiger partial charge in [-0.1, -0.05) is 78.9 Å². The van der Waals surface area contributed by atoms with E-state index in [0.29, 0.717) is 0 Å². The van der Waals surface area contributed by atoms with Crippen LogP contribution >= 0.6 is 17.0 Å². The third-order valence-corrected chi connectivity index (χ3v) is 3.94. The summed E-state index contributed by atoms with van der Waals surface area (Å²) in [5.74, 6) is 0. The van der Waals surface area contributed by atoms with E-state index >= 15 is 0 Å². The first kappa shape index (κ1) is 17.7. The van der Waals surface area contributed by atoms with Crippen LogP contribution in [-0.4, -0.2) is 0 Å². The molecule has 1 aliphatic rings. The van der Waals surface area contributed by atoms with Crippen molar-refractivity contribution in [1.82, 2.24) is 0 Å². The Hall–Kier alpha value is -1.14. The van der Waals surface area contributed by atoms with E-state index in [2.05, 4.69) is 91.4 Å². The molecule has 0 fully saturated rings. The zero-order valence-electron chi connectivity index (χ0n) is 12.9. The molecule has 0 aromatic heterocycles. The second-order valence-electron chi connectivity index (χ2n) is 5.36. The molecule has 0 atom stereocenters. The number of halogens is 2. The summed E-state index contributed by atoms with van der Waals surface area (Å²) in [7, 11) is 9.87. The molecule has 0 N–H and O–H groups in total. The number of hydrogen-bond donors (Lipinski definition) is 0. The zero-order valence-corrected chi connectivity index (χ0v) is 16.9. The first-order chi connectivity index (χ1) is 11.8. The number of allylic oxidation sites excluding steroid dienone is 1. The molecule has 117 valence electrons. The summed E-state index contributed by atoms with van der Waals surface area (Å²) in [4.78, 5) is 0. The van der Waals surface area contributed by atoms with Gasteiger partial charge in [-0.25, -0.2) is 0 Å². The van der Waals surface area contributed by atoms with Crippen LogP contribution in [-0.2, 0) is 20.8 Å². The van der Waals surface area contributed by atoms with Crippen molar-refractivity contribution in [2.45, 2.75) is 0 Å². The summed E-state index contributed by atoms with van der Waals surface area (Å²) in [5.41, 5.74) is 7.75. The molecule has 3 aromatic rings. The normalized spacial score (nSPS) is 11.8. The fourth-order valence-electron chi connectivity index (χ4n) is 2.90. The van der Waals surface area contributed by atoms with Crippen molar-refractivity contribution in [3.8, 4) is 11.1 Å². The molecular formula is C21H15Cl2Zr. The maximum absolute atomic E-state index is 4.93. The van der Waals surface area contributed by atoms with Gasteiger partial charge in [0.05, 0.1) is 0 Å². The van der Waals surface area contributed by atoms with E-state index in [1.165, 1.54) is 33.4 Å². The molecule has 0 bridgehead atoms. The number of benzene rings is 3. The average Bonchev–Trinajstić information content (AvgIpc) is 3.08. The predicted octanol–water partition coefficient (Wildman–Crippen LogP) is 6.84. The molecule has 0 heterocycles. The Morgan fingerprint density at radius 2 is 1.21 bits per heavy atom. The van der Waals surface area contributed by atoms with E-state index < -0.39 is 20.8 Å². The topological polar surface area (TPSA) is 0 Å². The Kier molecular flexibility index (Phi) is 6.49. The fraction of sp³-hybridized carbons (Fsp3) is 0. The number of rotatable bonds is 2. The van der Waals surface area contributed by atoms with Gasteiger partial charge in [0.25, 0.3) is 0 Å². The standard InChI is InChI=1S/C21H15.2ClH.Zr/c1-3-8-16(9-4-1)19-14-18-12-7-13-20(21(18)15-19)17-10-5-2-6-11-17;;;/h1-15H;2*1H;/q;;;+2/p-2. The molecule has 0 amide bonds. The Morgan fingerprint density at radius 3 is 1.83 bits per heavy atom. The van der Waals surface area contributed by atoms with Crippen molar-refractivity contribution in [2.75, 3.05) is 0 Å². The van der Waals surface area contributed by atoms with Crippen molar-refractivity contribution in [1.29, 1.82) is 0 Å². The van der Waals surface area contributed by atoms with Crippen LogP contribution in [0.3, 0.4) is 0 Å². The van der Waals surface area contributed by atoms with E-state index in [0.717, 1.165) is 0 Å². The Bertz CT molecular complexity index is 827. The van der Waals surface area contributed by atoms with E-state index in [1.54, 1.807) is 0 Å². The molecule has 0 saturated carbocycles. The first-order valence-electron chi connectivity index (χ1n) is 7.60. The molecule has 0 aliphatic heterocycles. The quantitative estimate of drug-likeness (QED) is 0.419. The molecule has 1 radical (unpaired) electrons. The predicted molar refractivity (Wildman–Crippen MR) is 101 cm³/mol. The molecular weight excluding hydrogens is 414 g/mol.